The fraction of sp³-hybridized carbons (Fsp3) is 0.333. The van der Waals surface area contributed by atoms with Gasteiger partial charge in [0.1, 0.15) is 5.75 Å². The minimum absolute atomic E-state index is 0.124. The van der Waals surface area contributed by atoms with Crippen LogP contribution in [-0.2, 0) is 10.0 Å². The molecule has 1 heterocycles. The van der Waals surface area contributed by atoms with Crippen LogP contribution in [0.1, 0.15) is 36.0 Å². The van der Waals surface area contributed by atoms with Crippen LogP contribution in [-0.4, -0.2) is 43.9 Å². The van der Waals surface area contributed by atoms with Gasteiger partial charge in [-0.25, -0.2) is 8.42 Å². The lowest BCUT2D eigenvalue weighted by molar-refractivity contribution is 0.0977. The summed E-state index contributed by atoms with van der Waals surface area (Å²) in [7, 11) is -1.93. The second-order valence-electron chi connectivity index (χ2n) is 7.10. The number of carbonyl (C=O) groups excluding carboxylic acids is 1. The zero-order valence-corrected chi connectivity index (χ0v) is 20.8. The van der Waals surface area contributed by atoms with Crippen LogP contribution in [0.5, 0.6) is 5.75 Å². The summed E-state index contributed by atoms with van der Waals surface area (Å²) in [4.78, 5) is 12.7. The van der Waals surface area contributed by atoms with Gasteiger partial charge < -0.3 is 10.1 Å². The molecule has 7 nitrogen and oxygen atoms in total. The van der Waals surface area contributed by atoms with Gasteiger partial charge in [0.15, 0.2) is 5.11 Å². The fourth-order valence-electron chi connectivity index (χ4n) is 3.29. The van der Waals surface area contributed by atoms with Crippen LogP contribution < -0.4 is 15.4 Å². The van der Waals surface area contributed by atoms with Gasteiger partial charge in [-0.15, -0.1) is 0 Å². The van der Waals surface area contributed by atoms with Crippen LogP contribution in [0.2, 0.25) is 0 Å². The fourth-order valence-corrected chi connectivity index (χ4v) is 5.75. The Hall–Kier alpha value is -1.76. The van der Waals surface area contributed by atoms with Crippen molar-refractivity contribution in [2.24, 2.45) is 0 Å². The van der Waals surface area contributed by atoms with Crippen molar-refractivity contribution >= 4 is 61.5 Å². The highest BCUT2D eigenvalue weighted by Crippen LogP contribution is 2.23. The third-order valence-electron chi connectivity index (χ3n) is 4.96. The summed E-state index contributed by atoms with van der Waals surface area (Å²) in [6.45, 7) is 1.12. The molecule has 2 aromatic rings. The minimum atomic E-state index is -3.50. The number of carbonyl (C=O) groups is 1. The molecule has 1 saturated heterocycles. The summed E-state index contributed by atoms with van der Waals surface area (Å²) in [6, 6.07) is 11.5. The van der Waals surface area contributed by atoms with E-state index in [1.165, 1.54) is 0 Å². The van der Waals surface area contributed by atoms with Gasteiger partial charge in [0.2, 0.25) is 10.0 Å². The third kappa shape index (κ3) is 6.15. The van der Waals surface area contributed by atoms with E-state index in [1.807, 2.05) is 0 Å². The topological polar surface area (TPSA) is 87.7 Å². The number of nitrogens with zero attached hydrogens (tertiary/aromatic N) is 1. The molecule has 10 heteroatoms. The number of methoxy groups -OCH3 is 1. The van der Waals surface area contributed by atoms with E-state index in [-0.39, 0.29) is 15.9 Å². The smallest absolute Gasteiger partial charge is 0.257 e. The van der Waals surface area contributed by atoms with Crippen LogP contribution >= 0.6 is 34.8 Å². The van der Waals surface area contributed by atoms with Crippen molar-refractivity contribution in [3.05, 3.63) is 51.6 Å². The molecule has 0 bridgehead atoms. The Labute approximate surface area is 201 Å². The first-order valence-corrected chi connectivity index (χ1v) is 12.8. The summed E-state index contributed by atoms with van der Waals surface area (Å²) in [6.07, 6.45) is 3.90. The quantitative estimate of drug-likeness (QED) is 0.416. The van der Waals surface area contributed by atoms with E-state index < -0.39 is 10.0 Å². The first kappa shape index (κ1) is 23.9. The van der Waals surface area contributed by atoms with Crippen molar-refractivity contribution in [1.82, 2.24) is 9.62 Å². The Morgan fingerprint density at radius 3 is 2.29 bits per heavy atom. The molecule has 0 unspecified atom stereocenters. The van der Waals surface area contributed by atoms with E-state index in [0.717, 1.165) is 29.3 Å². The summed E-state index contributed by atoms with van der Waals surface area (Å²) in [5.41, 5.74) is 1.04. The van der Waals surface area contributed by atoms with Gasteiger partial charge in [0.25, 0.3) is 5.91 Å². The Bertz CT molecular complexity index is 1050. The van der Waals surface area contributed by atoms with Crippen LogP contribution in [0, 0.1) is 3.57 Å². The molecule has 1 aliphatic heterocycles. The molecular formula is C21H24IN3O4S2. The highest BCUT2D eigenvalue weighted by molar-refractivity contribution is 14.1. The molecule has 0 saturated carbocycles. The zero-order chi connectivity index (χ0) is 22.4. The van der Waals surface area contributed by atoms with E-state index in [1.54, 1.807) is 53.9 Å². The molecule has 1 amide bonds. The average molecular weight is 573 g/mol. The number of nitrogens with one attached hydrogen (secondary N) is 2. The molecule has 31 heavy (non-hydrogen) atoms. The standard InChI is InChI=1S/C21H24IN3O4S2/c1-29-19-11-6-15(14-18(19)22)20(26)24-21(30)23-16-7-9-17(10-8-16)31(27,28)25-12-4-2-3-5-13-25/h6-11,14H,2-5,12-13H2,1H3,(H2,23,24,26,30). The van der Waals surface area contributed by atoms with Gasteiger partial charge in [-0.3, -0.25) is 10.1 Å². The minimum Gasteiger partial charge on any atom is -0.496 e. The van der Waals surface area contributed by atoms with Crippen LogP contribution in [0.15, 0.2) is 47.4 Å². The van der Waals surface area contributed by atoms with E-state index in [0.29, 0.717) is 30.1 Å². The van der Waals surface area contributed by atoms with Gasteiger partial charge in [-0.1, -0.05) is 12.8 Å². The number of hydrogen-bond donors (Lipinski definition) is 2. The van der Waals surface area contributed by atoms with Crippen LogP contribution in [0.4, 0.5) is 5.69 Å². The lowest BCUT2D eigenvalue weighted by Gasteiger charge is -2.20. The molecule has 0 aliphatic carbocycles. The maximum Gasteiger partial charge on any atom is 0.257 e. The molecule has 0 spiro atoms. The zero-order valence-electron chi connectivity index (χ0n) is 17.1. The molecule has 166 valence electrons. The van der Waals surface area contributed by atoms with Crippen LogP contribution in [0.3, 0.4) is 0 Å². The number of ether oxygens (including phenoxy) is 1. The van der Waals surface area contributed by atoms with Gasteiger partial charge in [-0.2, -0.15) is 4.31 Å². The SMILES string of the molecule is COc1ccc(C(=O)NC(=S)Nc2ccc(S(=O)(=O)N3CCCCCC3)cc2)cc1I. The molecular weight excluding hydrogens is 549 g/mol. The molecule has 1 fully saturated rings. The number of halogens is 1. The predicted molar refractivity (Wildman–Crippen MR) is 133 cm³/mol. The Morgan fingerprint density at radius 2 is 1.71 bits per heavy atom. The number of benzene rings is 2. The normalized spacial score (nSPS) is 15.0. The maximum atomic E-state index is 12.9. The Morgan fingerprint density at radius 1 is 1.06 bits per heavy atom. The summed E-state index contributed by atoms with van der Waals surface area (Å²) in [5.74, 6) is 0.339. The summed E-state index contributed by atoms with van der Waals surface area (Å²) < 4.78 is 33.3. The highest BCUT2D eigenvalue weighted by atomic mass is 127. The van der Waals surface area contributed by atoms with E-state index >= 15 is 0 Å². The monoisotopic (exact) mass is 573 g/mol. The molecule has 1 aliphatic rings. The predicted octanol–water partition coefficient (Wildman–Crippen LogP) is 3.99. The van der Waals surface area contributed by atoms with Gasteiger partial charge in [0, 0.05) is 24.3 Å². The van der Waals surface area contributed by atoms with Gasteiger partial charge in [0.05, 0.1) is 15.6 Å². The van der Waals surface area contributed by atoms with Gasteiger partial charge in [-0.05, 0) is 90.1 Å². The van der Waals surface area contributed by atoms with E-state index in [4.69, 9.17) is 17.0 Å². The summed E-state index contributed by atoms with van der Waals surface area (Å²) >= 11 is 7.31. The first-order chi connectivity index (χ1) is 14.8. The summed E-state index contributed by atoms with van der Waals surface area (Å²) in [5, 5.41) is 5.66. The number of rotatable bonds is 5. The Kier molecular flexibility index (Phi) is 8.25. The molecule has 2 aromatic carbocycles. The molecule has 2 N–H and O–H groups in total. The van der Waals surface area contributed by atoms with Crippen LogP contribution in [0.25, 0.3) is 0 Å². The molecule has 0 aromatic heterocycles. The number of anilines is 1. The maximum absolute atomic E-state index is 12.9. The molecule has 3 rings (SSSR count). The number of amides is 1. The lowest BCUT2D eigenvalue weighted by Crippen LogP contribution is -2.34. The lowest BCUT2D eigenvalue weighted by atomic mass is 10.2. The second-order valence-corrected chi connectivity index (χ2v) is 10.6. The Balaban J connectivity index is 1.62. The number of sulfonamides is 1. The average Bonchev–Trinajstić information content (AvgIpc) is 3.04. The highest BCUT2D eigenvalue weighted by Gasteiger charge is 2.25. The van der Waals surface area contributed by atoms with Crippen molar-refractivity contribution in [3.63, 3.8) is 0 Å². The van der Waals surface area contributed by atoms with Gasteiger partial charge >= 0.3 is 0 Å². The third-order valence-corrected chi connectivity index (χ3v) is 7.92. The van der Waals surface area contributed by atoms with E-state index in [9.17, 15) is 13.2 Å². The molecule has 0 atom stereocenters. The largest absolute Gasteiger partial charge is 0.496 e. The second kappa shape index (κ2) is 10.7. The van der Waals surface area contributed by atoms with Crippen molar-refractivity contribution < 1.29 is 17.9 Å². The first-order valence-electron chi connectivity index (χ1n) is 9.87. The van der Waals surface area contributed by atoms with Crippen molar-refractivity contribution in [3.8, 4) is 5.75 Å². The van der Waals surface area contributed by atoms with Crippen molar-refractivity contribution in [1.29, 1.82) is 0 Å². The van der Waals surface area contributed by atoms with Crippen molar-refractivity contribution in [2.75, 3.05) is 25.5 Å². The number of hydrogen-bond acceptors (Lipinski definition) is 5. The number of thiocarbonyl (C=S) groups is 1. The van der Waals surface area contributed by atoms with Crippen molar-refractivity contribution in [2.45, 2.75) is 30.6 Å². The van der Waals surface area contributed by atoms with E-state index in [2.05, 4.69) is 33.2 Å². The molecule has 0 radical (unpaired) electrons.